The zero-order valence-electron chi connectivity index (χ0n) is 13.2. The molecule has 5 rings (SSSR count). The van der Waals surface area contributed by atoms with Crippen LogP contribution >= 0.6 is 11.3 Å². The molecule has 1 aliphatic carbocycles. The van der Waals surface area contributed by atoms with E-state index in [2.05, 4.69) is 16.3 Å². The molecule has 4 heterocycles. The van der Waals surface area contributed by atoms with Gasteiger partial charge >= 0.3 is 0 Å². The van der Waals surface area contributed by atoms with Gasteiger partial charge < -0.3 is 9.15 Å². The summed E-state index contributed by atoms with van der Waals surface area (Å²) in [6, 6.07) is 2.05. The Bertz CT molecular complexity index is 664. The first kappa shape index (κ1) is 14.2. The van der Waals surface area contributed by atoms with Crippen molar-refractivity contribution in [2.45, 2.75) is 50.4 Å². The van der Waals surface area contributed by atoms with E-state index in [4.69, 9.17) is 14.1 Å². The predicted molar refractivity (Wildman–Crippen MR) is 88.4 cm³/mol. The second-order valence-corrected chi connectivity index (χ2v) is 8.09. The fourth-order valence-corrected chi connectivity index (χ4v) is 4.90. The van der Waals surface area contributed by atoms with Gasteiger partial charge in [-0.15, -0.1) is 11.3 Å². The Hall–Kier alpha value is -1.17. The predicted octanol–water partition coefficient (Wildman–Crippen LogP) is 3.97. The fraction of sp³-hybridized carbons (Fsp3) is 0.611. The van der Waals surface area contributed by atoms with Crippen LogP contribution in [0.3, 0.4) is 0 Å². The van der Waals surface area contributed by atoms with Gasteiger partial charge in [-0.1, -0.05) is 0 Å². The van der Waals surface area contributed by atoms with Crippen molar-refractivity contribution in [1.29, 1.82) is 0 Å². The average Bonchev–Trinajstić information content (AvgIpc) is 2.99. The van der Waals surface area contributed by atoms with E-state index in [1.165, 1.54) is 35.5 Å². The second-order valence-electron chi connectivity index (χ2n) is 7.20. The maximum absolute atomic E-state index is 6.40. The lowest BCUT2D eigenvalue weighted by molar-refractivity contribution is -0.00946. The Morgan fingerprint density at radius 2 is 2.26 bits per heavy atom. The molecule has 0 spiro atoms. The number of likely N-dealkylation sites (tertiary alicyclic amines) is 1. The van der Waals surface area contributed by atoms with Crippen LogP contribution in [0.5, 0.6) is 0 Å². The van der Waals surface area contributed by atoms with E-state index in [-0.39, 0.29) is 6.10 Å². The number of rotatable bonds is 4. The standard InChI is InChI=1S/C18H22N2O2S/c1-2-13(1)15-11-23-18(19-15)16-7-14-3-5-20(9-17(14)22-16)8-12-4-6-21-10-12/h4,6,10-11,13-14,16-17H,1-3,5,7-9H2/t14-,16+,17+/m1/s1. The van der Waals surface area contributed by atoms with Crippen molar-refractivity contribution in [1.82, 2.24) is 9.88 Å². The van der Waals surface area contributed by atoms with E-state index in [0.29, 0.717) is 12.0 Å². The Kier molecular flexibility index (Phi) is 3.53. The summed E-state index contributed by atoms with van der Waals surface area (Å²) in [6.07, 6.45) is 9.24. The second kappa shape index (κ2) is 5.72. The highest BCUT2D eigenvalue weighted by atomic mass is 32.1. The number of nitrogens with zero attached hydrogens (tertiary/aromatic N) is 2. The third kappa shape index (κ3) is 2.86. The van der Waals surface area contributed by atoms with E-state index in [9.17, 15) is 0 Å². The Morgan fingerprint density at radius 1 is 1.30 bits per heavy atom. The van der Waals surface area contributed by atoms with Gasteiger partial charge in [-0.3, -0.25) is 4.90 Å². The Labute approximate surface area is 140 Å². The Morgan fingerprint density at radius 3 is 3.09 bits per heavy atom. The van der Waals surface area contributed by atoms with E-state index in [1.54, 1.807) is 17.6 Å². The normalized spacial score (nSPS) is 31.4. The van der Waals surface area contributed by atoms with Crippen molar-refractivity contribution in [2.75, 3.05) is 13.1 Å². The largest absolute Gasteiger partial charge is 0.472 e. The summed E-state index contributed by atoms with van der Waals surface area (Å²) in [5.74, 6) is 1.45. The highest BCUT2D eigenvalue weighted by Crippen LogP contribution is 2.45. The van der Waals surface area contributed by atoms with E-state index in [0.717, 1.165) is 32.0 Å². The van der Waals surface area contributed by atoms with Crippen molar-refractivity contribution in [2.24, 2.45) is 5.92 Å². The summed E-state index contributed by atoms with van der Waals surface area (Å²) in [5.41, 5.74) is 2.57. The number of fused-ring (bicyclic) bond motifs is 1. The molecule has 3 atom stereocenters. The van der Waals surface area contributed by atoms with Crippen LogP contribution in [0.2, 0.25) is 0 Å². The first-order valence-electron chi connectivity index (χ1n) is 8.69. The van der Waals surface area contributed by atoms with Gasteiger partial charge in [-0.2, -0.15) is 0 Å². The lowest BCUT2D eigenvalue weighted by Crippen LogP contribution is -2.41. The van der Waals surface area contributed by atoms with Gasteiger partial charge in [0.2, 0.25) is 0 Å². The smallest absolute Gasteiger partial charge is 0.122 e. The summed E-state index contributed by atoms with van der Waals surface area (Å²) in [7, 11) is 0. The zero-order chi connectivity index (χ0) is 15.2. The highest BCUT2D eigenvalue weighted by Gasteiger charge is 2.41. The molecule has 23 heavy (non-hydrogen) atoms. The quantitative estimate of drug-likeness (QED) is 0.850. The summed E-state index contributed by atoms with van der Waals surface area (Å²) >= 11 is 1.80. The highest BCUT2D eigenvalue weighted by molar-refractivity contribution is 7.09. The lowest BCUT2D eigenvalue weighted by atomic mass is 9.91. The Balaban J connectivity index is 1.23. The number of piperidine rings is 1. The average molecular weight is 330 g/mol. The van der Waals surface area contributed by atoms with Crippen LogP contribution < -0.4 is 0 Å². The first-order chi connectivity index (χ1) is 11.3. The number of aromatic nitrogens is 1. The zero-order valence-corrected chi connectivity index (χ0v) is 14.0. The minimum atomic E-state index is 0.233. The lowest BCUT2D eigenvalue weighted by Gasteiger charge is -2.33. The summed E-state index contributed by atoms with van der Waals surface area (Å²) < 4.78 is 11.6. The number of thiazole rings is 1. The van der Waals surface area contributed by atoms with Crippen molar-refractivity contribution in [3.05, 3.63) is 40.2 Å². The molecular formula is C18H22N2O2S. The first-order valence-corrected chi connectivity index (χ1v) is 9.57. The van der Waals surface area contributed by atoms with E-state index < -0.39 is 0 Å². The SMILES string of the molecule is c1cc(CN2CC[C@@H]3C[C@@H](c4nc(C5CC5)cs4)O[C@H]3C2)co1. The van der Waals surface area contributed by atoms with Crippen molar-refractivity contribution in [3.8, 4) is 0 Å². The summed E-state index contributed by atoms with van der Waals surface area (Å²) in [4.78, 5) is 7.35. The molecular weight excluding hydrogens is 308 g/mol. The van der Waals surface area contributed by atoms with Crippen LogP contribution in [0.1, 0.15) is 54.0 Å². The van der Waals surface area contributed by atoms with Gasteiger partial charge in [0, 0.05) is 30.0 Å². The van der Waals surface area contributed by atoms with Gasteiger partial charge in [-0.25, -0.2) is 4.98 Å². The van der Waals surface area contributed by atoms with Crippen LogP contribution in [0, 0.1) is 5.92 Å². The molecule has 0 bridgehead atoms. The molecule has 0 unspecified atom stereocenters. The van der Waals surface area contributed by atoms with Gasteiger partial charge in [0.05, 0.1) is 24.3 Å². The summed E-state index contributed by atoms with van der Waals surface area (Å²) in [5, 5.41) is 3.46. The molecule has 2 aromatic heterocycles. The van der Waals surface area contributed by atoms with Crippen LogP contribution in [-0.2, 0) is 11.3 Å². The third-order valence-electron chi connectivity index (χ3n) is 5.43. The third-order valence-corrected chi connectivity index (χ3v) is 6.39. The maximum Gasteiger partial charge on any atom is 0.122 e. The van der Waals surface area contributed by atoms with Gasteiger partial charge in [0.15, 0.2) is 0 Å². The number of hydrogen-bond donors (Lipinski definition) is 0. The minimum absolute atomic E-state index is 0.233. The monoisotopic (exact) mass is 330 g/mol. The number of ether oxygens (including phenoxy) is 1. The van der Waals surface area contributed by atoms with Crippen molar-refractivity contribution < 1.29 is 9.15 Å². The molecule has 1 saturated carbocycles. The van der Waals surface area contributed by atoms with Gasteiger partial charge in [0.25, 0.3) is 0 Å². The molecule has 4 nitrogen and oxygen atoms in total. The number of furan rings is 1. The fourth-order valence-electron chi connectivity index (χ4n) is 3.95. The van der Waals surface area contributed by atoms with E-state index in [1.807, 2.05) is 6.26 Å². The molecule has 0 amide bonds. The molecule has 2 saturated heterocycles. The molecule has 0 radical (unpaired) electrons. The maximum atomic E-state index is 6.40. The van der Waals surface area contributed by atoms with E-state index >= 15 is 0 Å². The number of hydrogen-bond acceptors (Lipinski definition) is 5. The molecule has 0 aromatic carbocycles. The molecule has 2 aliphatic heterocycles. The molecule has 2 aromatic rings. The van der Waals surface area contributed by atoms with Crippen LogP contribution in [0.4, 0.5) is 0 Å². The van der Waals surface area contributed by atoms with Crippen LogP contribution in [0.15, 0.2) is 28.4 Å². The van der Waals surface area contributed by atoms with Crippen molar-refractivity contribution >= 4 is 11.3 Å². The molecule has 0 N–H and O–H groups in total. The molecule has 122 valence electrons. The van der Waals surface area contributed by atoms with Crippen LogP contribution in [-0.4, -0.2) is 29.1 Å². The van der Waals surface area contributed by atoms with Crippen LogP contribution in [0.25, 0.3) is 0 Å². The minimum Gasteiger partial charge on any atom is -0.472 e. The van der Waals surface area contributed by atoms with Gasteiger partial charge in [-0.05, 0) is 44.2 Å². The van der Waals surface area contributed by atoms with Gasteiger partial charge in [0.1, 0.15) is 11.1 Å². The molecule has 5 heteroatoms. The topological polar surface area (TPSA) is 38.5 Å². The molecule has 3 fully saturated rings. The van der Waals surface area contributed by atoms with Crippen molar-refractivity contribution in [3.63, 3.8) is 0 Å². The molecule has 3 aliphatic rings. The summed E-state index contributed by atoms with van der Waals surface area (Å²) in [6.45, 7) is 3.16.